The van der Waals surface area contributed by atoms with Crippen molar-refractivity contribution in [3.05, 3.63) is 58.9 Å². The monoisotopic (exact) mass is 510 g/mol. The molecule has 2 aromatic carbocycles. The molecule has 0 aliphatic heterocycles. The van der Waals surface area contributed by atoms with Crippen LogP contribution in [0.15, 0.2) is 58.4 Å². The summed E-state index contributed by atoms with van der Waals surface area (Å²) in [7, 11) is -7.25. The molecule has 0 bridgehead atoms. The van der Waals surface area contributed by atoms with E-state index >= 15 is 0 Å². The zero-order valence-electron chi connectivity index (χ0n) is 17.9. The highest BCUT2D eigenvalue weighted by molar-refractivity contribution is 7.91. The Kier molecular flexibility index (Phi) is 7.50. The molecule has 9 nitrogen and oxygen atoms in total. The molecular weight excluding hydrogens is 488 g/mol. The lowest BCUT2D eigenvalue weighted by molar-refractivity contribution is -0.143. The number of carbonyl (C=O) groups excluding carboxylic acids is 2. The molecule has 0 spiro atoms. The third-order valence-electron chi connectivity index (χ3n) is 4.47. The summed E-state index contributed by atoms with van der Waals surface area (Å²) in [5, 5.41) is 0. The number of thiazole rings is 1. The number of sulfone groups is 2. The van der Waals surface area contributed by atoms with Gasteiger partial charge in [-0.1, -0.05) is 41.7 Å². The predicted molar refractivity (Wildman–Crippen MR) is 124 cm³/mol. The highest BCUT2D eigenvalue weighted by Gasteiger charge is 2.19. The first kappa shape index (κ1) is 24.8. The third kappa shape index (κ3) is 6.59. The van der Waals surface area contributed by atoms with Gasteiger partial charge in [0, 0.05) is 6.26 Å². The van der Waals surface area contributed by atoms with E-state index in [0.717, 1.165) is 17.6 Å². The van der Waals surface area contributed by atoms with E-state index in [0.29, 0.717) is 15.8 Å². The molecule has 1 aromatic heterocycles. The molecule has 0 saturated heterocycles. The minimum absolute atomic E-state index is 0.0721. The highest BCUT2D eigenvalue weighted by atomic mass is 32.2. The van der Waals surface area contributed by atoms with Crippen molar-refractivity contribution < 1.29 is 31.2 Å². The number of ether oxygens (including phenoxy) is 1. The van der Waals surface area contributed by atoms with Gasteiger partial charge in [-0.3, -0.25) is 9.59 Å². The van der Waals surface area contributed by atoms with Crippen LogP contribution < -0.4 is 4.80 Å². The van der Waals surface area contributed by atoms with E-state index in [2.05, 4.69) is 4.99 Å². The first-order valence-corrected chi connectivity index (χ1v) is 14.3. The number of hydrogen-bond donors (Lipinski definition) is 0. The quantitative estimate of drug-likeness (QED) is 0.422. The summed E-state index contributed by atoms with van der Waals surface area (Å²) in [5.74, 6) is -2.57. The lowest BCUT2D eigenvalue weighted by Crippen LogP contribution is -2.25. The summed E-state index contributed by atoms with van der Waals surface area (Å²) in [6, 6.07) is 12.8. The molecule has 12 heteroatoms. The normalized spacial score (nSPS) is 12.7. The number of nitrogens with zero attached hydrogens (tertiary/aromatic N) is 2. The number of fused-ring (bicyclic) bond motifs is 1. The van der Waals surface area contributed by atoms with Crippen LogP contribution in [0, 0.1) is 0 Å². The fourth-order valence-corrected chi connectivity index (χ4v) is 6.12. The average Bonchev–Trinajstić information content (AvgIpc) is 3.03. The molecule has 0 fully saturated rings. The molecule has 0 unspecified atom stereocenters. The zero-order chi connectivity index (χ0) is 24.2. The minimum atomic E-state index is -3.77. The number of carbonyl (C=O) groups is 2. The van der Waals surface area contributed by atoms with Crippen LogP contribution in [0.25, 0.3) is 10.2 Å². The van der Waals surface area contributed by atoms with Gasteiger partial charge in [-0.25, -0.2) is 16.8 Å². The molecule has 33 heavy (non-hydrogen) atoms. The Morgan fingerprint density at radius 1 is 1.06 bits per heavy atom. The van der Waals surface area contributed by atoms with Crippen LogP contribution in [-0.4, -0.2) is 51.9 Å². The van der Waals surface area contributed by atoms with Crippen LogP contribution in [0.3, 0.4) is 0 Å². The number of esters is 1. The Morgan fingerprint density at radius 2 is 1.76 bits per heavy atom. The van der Waals surface area contributed by atoms with E-state index in [-0.39, 0.29) is 28.6 Å². The highest BCUT2D eigenvalue weighted by Crippen LogP contribution is 2.22. The van der Waals surface area contributed by atoms with Crippen LogP contribution in [-0.2, 0) is 46.3 Å². The molecule has 0 saturated carbocycles. The van der Waals surface area contributed by atoms with Gasteiger partial charge in [0.15, 0.2) is 24.5 Å². The first-order chi connectivity index (χ1) is 15.5. The van der Waals surface area contributed by atoms with Crippen LogP contribution in [0.2, 0.25) is 0 Å². The van der Waals surface area contributed by atoms with E-state index in [1.807, 2.05) is 0 Å². The molecular formula is C21H22N2O7S3. The second-order valence-corrected chi connectivity index (χ2v) is 12.3. The maximum absolute atomic E-state index is 12.5. The van der Waals surface area contributed by atoms with E-state index < -0.39 is 37.3 Å². The van der Waals surface area contributed by atoms with E-state index in [1.165, 1.54) is 22.8 Å². The number of aromatic nitrogens is 1. The van der Waals surface area contributed by atoms with E-state index in [9.17, 15) is 26.4 Å². The van der Waals surface area contributed by atoms with Gasteiger partial charge >= 0.3 is 5.97 Å². The summed E-state index contributed by atoms with van der Waals surface area (Å²) in [5.41, 5.74) is 1.02. The number of hydrogen-bond acceptors (Lipinski definition) is 8. The second-order valence-electron chi connectivity index (χ2n) is 7.20. The van der Waals surface area contributed by atoms with Crippen molar-refractivity contribution in [2.75, 3.05) is 18.6 Å². The standard InChI is InChI=1S/C21H22N2O7S3/c1-3-30-20(25)12-23-17-10-9-16(32(2,26)27)11-18(17)31-21(23)22-19(24)14-33(28,29)13-15-7-5-4-6-8-15/h4-11H,3,12-14H2,1-2H3. The van der Waals surface area contributed by atoms with Crippen molar-refractivity contribution in [2.24, 2.45) is 4.99 Å². The lowest BCUT2D eigenvalue weighted by Gasteiger charge is -2.06. The van der Waals surface area contributed by atoms with Crippen molar-refractivity contribution in [3.63, 3.8) is 0 Å². The fourth-order valence-electron chi connectivity index (χ4n) is 3.06. The van der Waals surface area contributed by atoms with Crippen LogP contribution in [0.1, 0.15) is 12.5 Å². The maximum atomic E-state index is 12.5. The maximum Gasteiger partial charge on any atom is 0.326 e. The van der Waals surface area contributed by atoms with Gasteiger partial charge in [0.25, 0.3) is 5.91 Å². The summed E-state index contributed by atoms with van der Waals surface area (Å²) >= 11 is 0.981. The molecule has 0 atom stereocenters. The van der Waals surface area contributed by atoms with Gasteiger partial charge in [0.1, 0.15) is 12.3 Å². The SMILES string of the molecule is CCOC(=O)Cn1c(=NC(=O)CS(=O)(=O)Cc2ccccc2)sc2cc(S(C)(=O)=O)ccc21. The number of amides is 1. The minimum Gasteiger partial charge on any atom is -0.465 e. The van der Waals surface area contributed by atoms with Gasteiger partial charge in [0.05, 0.1) is 27.5 Å². The Hall–Kier alpha value is -2.83. The molecule has 3 rings (SSSR count). The first-order valence-electron chi connectivity index (χ1n) is 9.79. The summed E-state index contributed by atoms with van der Waals surface area (Å²) in [6.07, 6.45) is 1.07. The Bertz CT molecular complexity index is 1470. The zero-order valence-corrected chi connectivity index (χ0v) is 20.4. The molecule has 0 N–H and O–H groups in total. The van der Waals surface area contributed by atoms with Crippen molar-refractivity contribution >= 4 is 53.1 Å². The third-order valence-corrected chi connectivity index (χ3v) is 8.08. The average molecular weight is 511 g/mol. The molecule has 0 radical (unpaired) electrons. The molecule has 1 heterocycles. The van der Waals surface area contributed by atoms with Gasteiger partial charge in [-0.2, -0.15) is 4.99 Å². The molecule has 0 aliphatic carbocycles. The van der Waals surface area contributed by atoms with E-state index in [1.54, 1.807) is 37.3 Å². The van der Waals surface area contributed by atoms with Gasteiger partial charge in [-0.15, -0.1) is 0 Å². The topological polar surface area (TPSA) is 129 Å². The Morgan fingerprint density at radius 3 is 2.39 bits per heavy atom. The Balaban J connectivity index is 1.99. The van der Waals surface area contributed by atoms with Crippen molar-refractivity contribution in [3.8, 4) is 0 Å². The van der Waals surface area contributed by atoms with Crippen molar-refractivity contribution in [1.82, 2.24) is 4.57 Å². The van der Waals surface area contributed by atoms with E-state index in [4.69, 9.17) is 4.74 Å². The van der Waals surface area contributed by atoms with Crippen molar-refractivity contribution in [1.29, 1.82) is 0 Å². The second kappa shape index (κ2) is 9.98. The molecule has 176 valence electrons. The van der Waals surface area contributed by atoms with Gasteiger partial charge < -0.3 is 9.30 Å². The molecule has 1 amide bonds. The number of rotatable bonds is 8. The predicted octanol–water partition coefficient (Wildman–Crippen LogP) is 1.71. The largest absolute Gasteiger partial charge is 0.465 e. The smallest absolute Gasteiger partial charge is 0.326 e. The van der Waals surface area contributed by atoms with Crippen LogP contribution >= 0.6 is 11.3 Å². The summed E-state index contributed by atoms with van der Waals surface area (Å²) in [6.45, 7) is 1.54. The molecule has 3 aromatic rings. The van der Waals surface area contributed by atoms with Crippen molar-refractivity contribution in [2.45, 2.75) is 24.1 Å². The van der Waals surface area contributed by atoms with Gasteiger partial charge in [0.2, 0.25) is 0 Å². The Labute approximate surface area is 195 Å². The summed E-state index contributed by atoms with van der Waals surface area (Å²) < 4.78 is 55.5. The number of benzene rings is 2. The van der Waals surface area contributed by atoms with Crippen LogP contribution in [0.4, 0.5) is 0 Å². The lowest BCUT2D eigenvalue weighted by atomic mass is 10.2. The van der Waals surface area contributed by atoms with Gasteiger partial charge in [-0.05, 0) is 30.7 Å². The molecule has 0 aliphatic rings. The van der Waals surface area contributed by atoms with Crippen LogP contribution in [0.5, 0.6) is 0 Å². The summed E-state index contributed by atoms with van der Waals surface area (Å²) in [4.78, 5) is 28.7. The fraction of sp³-hybridized carbons (Fsp3) is 0.286.